The number of amides is 1. The summed E-state index contributed by atoms with van der Waals surface area (Å²) < 4.78 is 11.2. The molecule has 1 amide bonds. The van der Waals surface area contributed by atoms with Crippen molar-refractivity contribution in [2.24, 2.45) is 0 Å². The lowest BCUT2D eigenvalue weighted by Gasteiger charge is -2.39. The van der Waals surface area contributed by atoms with Crippen molar-refractivity contribution in [1.82, 2.24) is 4.90 Å². The SMILES string of the molecule is COc1cc2c(cc1OC)[C@@H](c1cccc3ccccc13)N(C(=O)c1c(Cl)cccc1Cl)CC2. The molecule has 1 aliphatic heterocycles. The highest BCUT2D eigenvalue weighted by molar-refractivity contribution is 6.39. The van der Waals surface area contributed by atoms with Gasteiger partial charge in [0, 0.05) is 6.54 Å². The molecule has 0 bridgehead atoms. The third-order valence-corrected chi connectivity index (χ3v) is 7.06. The molecule has 0 saturated carbocycles. The molecule has 0 aliphatic carbocycles. The van der Waals surface area contributed by atoms with Crippen molar-refractivity contribution in [3.8, 4) is 11.5 Å². The molecule has 0 aromatic heterocycles. The molecule has 0 fully saturated rings. The van der Waals surface area contributed by atoms with Gasteiger partial charge in [0.15, 0.2) is 11.5 Å². The summed E-state index contributed by atoms with van der Waals surface area (Å²) >= 11 is 12.9. The fraction of sp³-hybridized carbons (Fsp3) is 0.179. The Balaban J connectivity index is 1.75. The second-order valence-electron chi connectivity index (χ2n) is 8.22. The highest BCUT2D eigenvalue weighted by Crippen LogP contribution is 2.44. The fourth-order valence-electron chi connectivity index (χ4n) is 4.83. The molecule has 0 spiro atoms. The van der Waals surface area contributed by atoms with Crippen LogP contribution in [0, 0.1) is 0 Å². The Morgan fingerprint density at radius 1 is 0.853 bits per heavy atom. The second kappa shape index (κ2) is 9.21. The third-order valence-electron chi connectivity index (χ3n) is 6.43. The van der Waals surface area contributed by atoms with E-state index in [1.807, 2.05) is 35.2 Å². The Bertz CT molecular complexity index is 1380. The van der Waals surface area contributed by atoms with Crippen LogP contribution in [0.3, 0.4) is 0 Å². The standard InChI is InChI=1S/C28H23Cl2NO3/c1-33-24-15-18-13-14-31(28(32)26-22(29)11-6-12-23(26)30)27(21(18)16-25(24)34-2)20-10-5-8-17-7-3-4-9-19(17)20/h3-12,15-16,27H,13-14H2,1-2H3/t27-/m1/s1. The summed E-state index contributed by atoms with van der Waals surface area (Å²) in [7, 11) is 3.25. The maximum Gasteiger partial charge on any atom is 0.257 e. The number of hydrogen-bond acceptors (Lipinski definition) is 3. The molecular weight excluding hydrogens is 469 g/mol. The van der Waals surface area contributed by atoms with Crippen LogP contribution >= 0.6 is 23.2 Å². The van der Waals surface area contributed by atoms with Crippen molar-refractivity contribution in [3.63, 3.8) is 0 Å². The van der Waals surface area contributed by atoms with Gasteiger partial charge < -0.3 is 14.4 Å². The van der Waals surface area contributed by atoms with Gasteiger partial charge in [-0.3, -0.25) is 4.79 Å². The smallest absolute Gasteiger partial charge is 0.257 e. The number of halogens is 2. The lowest BCUT2D eigenvalue weighted by molar-refractivity contribution is 0.0695. The first-order chi connectivity index (χ1) is 16.5. The summed E-state index contributed by atoms with van der Waals surface area (Å²) in [5, 5.41) is 2.87. The zero-order chi connectivity index (χ0) is 23.8. The van der Waals surface area contributed by atoms with E-state index < -0.39 is 0 Å². The Kier molecular flexibility index (Phi) is 6.11. The normalized spacial score (nSPS) is 15.2. The third kappa shape index (κ3) is 3.77. The summed E-state index contributed by atoms with van der Waals surface area (Å²) in [6.45, 7) is 0.511. The van der Waals surface area contributed by atoms with Crippen LogP contribution in [0.5, 0.6) is 11.5 Å². The van der Waals surface area contributed by atoms with Gasteiger partial charge in [-0.05, 0) is 58.1 Å². The van der Waals surface area contributed by atoms with Crippen molar-refractivity contribution >= 4 is 39.9 Å². The molecule has 4 nitrogen and oxygen atoms in total. The number of fused-ring (bicyclic) bond motifs is 2. The van der Waals surface area contributed by atoms with E-state index in [4.69, 9.17) is 32.7 Å². The first kappa shape index (κ1) is 22.6. The number of rotatable bonds is 4. The minimum atomic E-state index is -0.352. The van der Waals surface area contributed by atoms with Gasteiger partial charge in [0.2, 0.25) is 0 Å². The zero-order valence-electron chi connectivity index (χ0n) is 18.8. The molecule has 34 heavy (non-hydrogen) atoms. The molecule has 1 atom stereocenters. The van der Waals surface area contributed by atoms with Crippen LogP contribution in [0.2, 0.25) is 10.0 Å². The van der Waals surface area contributed by atoms with E-state index in [0.29, 0.717) is 40.1 Å². The lowest BCUT2D eigenvalue weighted by Crippen LogP contribution is -2.41. The summed E-state index contributed by atoms with van der Waals surface area (Å²) in [5.41, 5.74) is 3.46. The van der Waals surface area contributed by atoms with Crippen LogP contribution in [-0.2, 0) is 6.42 Å². The summed E-state index contributed by atoms with van der Waals surface area (Å²) in [6.07, 6.45) is 0.671. The topological polar surface area (TPSA) is 38.8 Å². The number of ether oxygens (including phenoxy) is 2. The van der Waals surface area contributed by atoms with E-state index in [-0.39, 0.29) is 11.9 Å². The van der Waals surface area contributed by atoms with E-state index in [2.05, 4.69) is 24.3 Å². The number of methoxy groups -OCH3 is 2. The lowest BCUT2D eigenvalue weighted by atomic mass is 9.85. The average Bonchev–Trinajstić information content (AvgIpc) is 2.86. The van der Waals surface area contributed by atoms with Crippen molar-refractivity contribution < 1.29 is 14.3 Å². The maximum atomic E-state index is 13.9. The van der Waals surface area contributed by atoms with Crippen LogP contribution in [0.1, 0.15) is 33.1 Å². The highest BCUT2D eigenvalue weighted by atomic mass is 35.5. The molecule has 0 radical (unpaired) electrons. The summed E-state index contributed by atoms with van der Waals surface area (Å²) in [5.74, 6) is 1.09. The van der Waals surface area contributed by atoms with Crippen LogP contribution in [0.15, 0.2) is 72.8 Å². The molecule has 1 heterocycles. The monoisotopic (exact) mass is 491 g/mol. The van der Waals surface area contributed by atoms with Crippen molar-refractivity contribution in [2.45, 2.75) is 12.5 Å². The summed E-state index contributed by atoms with van der Waals surface area (Å²) in [6, 6.07) is 23.1. The predicted molar refractivity (Wildman–Crippen MR) is 137 cm³/mol. The number of carbonyl (C=O) groups is 1. The molecule has 172 valence electrons. The van der Waals surface area contributed by atoms with E-state index in [9.17, 15) is 4.79 Å². The van der Waals surface area contributed by atoms with Gasteiger partial charge in [-0.1, -0.05) is 71.7 Å². The Morgan fingerprint density at radius 2 is 1.50 bits per heavy atom. The van der Waals surface area contributed by atoms with Crippen molar-refractivity contribution in [3.05, 3.63) is 105 Å². The van der Waals surface area contributed by atoms with Crippen LogP contribution in [0.25, 0.3) is 10.8 Å². The molecule has 6 heteroatoms. The fourth-order valence-corrected chi connectivity index (χ4v) is 5.39. The molecule has 4 aromatic rings. The maximum absolute atomic E-state index is 13.9. The Labute approximate surface area is 208 Å². The minimum absolute atomic E-state index is 0.200. The average molecular weight is 492 g/mol. The van der Waals surface area contributed by atoms with Crippen LogP contribution < -0.4 is 9.47 Å². The first-order valence-electron chi connectivity index (χ1n) is 11.0. The zero-order valence-corrected chi connectivity index (χ0v) is 20.4. The molecule has 0 unspecified atom stereocenters. The largest absolute Gasteiger partial charge is 0.493 e. The number of hydrogen-bond donors (Lipinski definition) is 0. The van der Waals surface area contributed by atoms with Crippen LogP contribution in [0.4, 0.5) is 0 Å². The molecule has 5 rings (SSSR count). The van der Waals surface area contributed by atoms with Gasteiger partial charge in [-0.25, -0.2) is 0 Å². The Hall–Kier alpha value is -3.21. The molecule has 4 aromatic carbocycles. The predicted octanol–water partition coefficient (Wildman–Crippen LogP) is 6.95. The van der Waals surface area contributed by atoms with Crippen LogP contribution in [-0.4, -0.2) is 31.6 Å². The van der Waals surface area contributed by atoms with Gasteiger partial charge >= 0.3 is 0 Å². The number of benzene rings is 4. The second-order valence-corrected chi connectivity index (χ2v) is 9.04. The molecule has 1 aliphatic rings. The number of nitrogens with zero attached hydrogens (tertiary/aromatic N) is 1. The first-order valence-corrected chi connectivity index (χ1v) is 11.8. The number of carbonyl (C=O) groups excluding carboxylic acids is 1. The van der Waals surface area contributed by atoms with Gasteiger partial charge in [-0.15, -0.1) is 0 Å². The highest BCUT2D eigenvalue weighted by Gasteiger charge is 2.36. The van der Waals surface area contributed by atoms with Gasteiger partial charge in [0.25, 0.3) is 5.91 Å². The molecular formula is C28H23Cl2NO3. The summed E-state index contributed by atoms with van der Waals surface area (Å²) in [4.78, 5) is 15.8. The van der Waals surface area contributed by atoms with E-state index >= 15 is 0 Å². The van der Waals surface area contributed by atoms with Gasteiger partial charge in [0.05, 0.1) is 35.9 Å². The van der Waals surface area contributed by atoms with Crippen molar-refractivity contribution in [2.75, 3.05) is 20.8 Å². The van der Waals surface area contributed by atoms with E-state index in [1.165, 1.54) is 0 Å². The molecule has 0 N–H and O–H groups in total. The van der Waals surface area contributed by atoms with E-state index in [1.54, 1.807) is 32.4 Å². The molecule has 0 saturated heterocycles. The quantitative estimate of drug-likeness (QED) is 0.310. The van der Waals surface area contributed by atoms with E-state index in [0.717, 1.165) is 27.5 Å². The van der Waals surface area contributed by atoms with Gasteiger partial charge in [-0.2, -0.15) is 0 Å². The Morgan fingerprint density at radius 3 is 2.24 bits per heavy atom. The minimum Gasteiger partial charge on any atom is -0.493 e. The van der Waals surface area contributed by atoms with Gasteiger partial charge in [0.1, 0.15) is 0 Å². The van der Waals surface area contributed by atoms with Crippen molar-refractivity contribution in [1.29, 1.82) is 0 Å².